The Morgan fingerprint density at radius 2 is 1.81 bits per heavy atom. The lowest BCUT2D eigenvalue weighted by atomic mass is 10.1. The van der Waals surface area contributed by atoms with E-state index in [2.05, 4.69) is 33.2 Å². The summed E-state index contributed by atoms with van der Waals surface area (Å²) >= 11 is 1.29. The Hall–Kier alpha value is -4.44. The minimum absolute atomic E-state index is 0.0690. The van der Waals surface area contributed by atoms with Crippen molar-refractivity contribution >= 4 is 33.9 Å². The molecule has 4 aromatic heterocycles. The van der Waals surface area contributed by atoms with Crippen molar-refractivity contribution in [1.82, 2.24) is 29.7 Å². The number of fused-ring (bicyclic) bond motifs is 1. The van der Waals surface area contributed by atoms with Gasteiger partial charge in [-0.15, -0.1) is 0 Å². The maximum absolute atomic E-state index is 13.5. The Morgan fingerprint density at radius 1 is 1.09 bits per heavy atom. The number of nitriles is 1. The van der Waals surface area contributed by atoms with Crippen molar-refractivity contribution in [2.75, 3.05) is 36.5 Å². The summed E-state index contributed by atoms with van der Waals surface area (Å²) in [4.78, 5) is 23.5. The quantitative estimate of drug-likeness (QED) is 0.253. The van der Waals surface area contributed by atoms with Crippen LogP contribution in [0.5, 0.6) is 0 Å². The second kappa shape index (κ2) is 10.7. The highest BCUT2D eigenvalue weighted by molar-refractivity contribution is 7.16. The van der Waals surface area contributed by atoms with Crippen LogP contribution in [-0.2, 0) is 6.42 Å². The summed E-state index contributed by atoms with van der Waals surface area (Å²) in [5.74, 6) is 1.22. The van der Waals surface area contributed by atoms with Crippen molar-refractivity contribution in [2.45, 2.75) is 37.8 Å². The van der Waals surface area contributed by atoms with Crippen molar-refractivity contribution in [3.8, 4) is 28.5 Å². The molecule has 1 aromatic carbocycles. The normalized spacial score (nSPS) is 15.8. The van der Waals surface area contributed by atoms with Crippen LogP contribution in [0.15, 0.2) is 55.0 Å². The Labute approximate surface area is 252 Å². The highest BCUT2D eigenvalue weighted by atomic mass is 32.1. The Kier molecular flexibility index (Phi) is 6.80. The van der Waals surface area contributed by atoms with Gasteiger partial charge in [0.1, 0.15) is 33.9 Å². The number of imidazole rings is 1. The van der Waals surface area contributed by atoms with Crippen LogP contribution >= 0.6 is 11.3 Å². The number of aliphatic hydroxyl groups excluding tert-OH is 1. The Balaban J connectivity index is 1.15. The van der Waals surface area contributed by atoms with E-state index < -0.39 is 0 Å². The van der Waals surface area contributed by atoms with Gasteiger partial charge in [0.25, 0.3) is 0 Å². The molecule has 218 valence electrons. The summed E-state index contributed by atoms with van der Waals surface area (Å²) in [5, 5.41) is 23.6. The SMILES string of the molecule is CCc1nc2ccc(-c3cnc(N4CC(NC5(CO)CC5)C4)nc3)cn2c1N(C)c1nc(-c2ccc(F)cc2)c(C#N)s1. The summed E-state index contributed by atoms with van der Waals surface area (Å²) in [6.45, 7) is 3.90. The zero-order valence-electron chi connectivity index (χ0n) is 23.8. The van der Waals surface area contributed by atoms with Crippen molar-refractivity contribution < 1.29 is 9.50 Å². The highest BCUT2D eigenvalue weighted by Gasteiger charge is 2.45. The summed E-state index contributed by atoms with van der Waals surface area (Å²) in [5.41, 5.74) is 4.68. The van der Waals surface area contributed by atoms with Gasteiger partial charge in [-0.2, -0.15) is 5.26 Å². The lowest BCUT2D eigenvalue weighted by Crippen LogP contribution is -2.62. The van der Waals surface area contributed by atoms with Crippen LogP contribution < -0.4 is 15.1 Å². The van der Waals surface area contributed by atoms with Gasteiger partial charge in [0.15, 0.2) is 5.13 Å². The van der Waals surface area contributed by atoms with Crippen molar-refractivity contribution in [1.29, 1.82) is 5.26 Å². The van der Waals surface area contributed by atoms with Crippen LogP contribution in [-0.4, -0.2) is 67.8 Å². The molecule has 0 atom stereocenters. The zero-order valence-corrected chi connectivity index (χ0v) is 24.6. The first kappa shape index (κ1) is 27.4. The maximum Gasteiger partial charge on any atom is 0.225 e. The van der Waals surface area contributed by atoms with Gasteiger partial charge in [-0.05, 0) is 55.7 Å². The number of anilines is 3. The number of thiazole rings is 1. The lowest BCUT2D eigenvalue weighted by molar-refractivity contribution is 0.209. The molecule has 43 heavy (non-hydrogen) atoms. The van der Waals surface area contributed by atoms with Gasteiger partial charge in [-0.3, -0.25) is 4.40 Å². The smallest absolute Gasteiger partial charge is 0.225 e. The number of hydrogen-bond donors (Lipinski definition) is 2. The predicted molar refractivity (Wildman–Crippen MR) is 164 cm³/mol. The standard InChI is InChI=1S/C31H30FN9OS/c1-3-24-28(39(2)30-37-27(25(12-33)43-30)19-4-7-22(32)8-5-19)41-15-20(6-9-26(41)36-24)21-13-34-29(35-14-21)40-16-23(17-40)38-31(18-42)10-11-31/h4-9,13-15,23,38,42H,3,10-11,16-18H2,1-2H3. The number of nitrogens with one attached hydrogen (secondary N) is 1. The molecule has 10 nitrogen and oxygen atoms in total. The Bertz CT molecular complexity index is 1830. The third-order valence-electron chi connectivity index (χ3n) is 8.24. The number of benzene rings is 1. The van der Waals surface area contributed by atoms with Crippen molar-refractivity contribution in [3.05, 3.63) is 71.4 Å². The fourth-order valence-corrected chi connectivity index (χ4v) is 6.41. The molecule has 2 fully saturated rings. The number of aromatic nitrogens is 5. The van der Waals surface area contributed by atoms with Crippen LogP contribution in [0.25, 0.3) is 28.0 Å². The van der Waals surface area contributed by atoms with Gasteiger partial charge in [0, 0.05) is 67.0 Å². The molecule has 5 heterocycles. The van der Waals surface area contributed by atoms with E-state index in [0.29, 0.717) is 39.7 Å². The number of aryl methyl sites for hydroxylation is 1. The molecule has 2 aliphatic rings. The fourth-order valence-electron chi connectivity index (χ4n) is 5.56. The molecular formula is C31H30FN9OS. The molecule has 0 spiro atoms. The minimum atomic E-state index is -0.337. The number of hydrogen-bond acceptors (Lipinski definition) is 10. The number of aliphatic hydroxyl groups is 1. The van der Waals surface area contributed by atoms with Crippen LogP contribution in [0, 0.1) is 17.1 Å². The Morgan fingerprint density at radius 3 is 2.47 bits per heavy atom. The molecule has 1 aliphatic carbocycles. The summed E-state index contributed by atoms with van der Waals surface area (Å²) in [6.07, 6.45) is 8.49. The van der Waals surface area contributed by atoms with Gasteiger partial charge < -0.3 is 20.2 Å². The minimum Gasteiger partial charge on any atom is -0.394 e. The predicted octanol–water partition coefficient (Wildman–Crippen LogP) is 4.56. The van der Waals surface area contributed by atoms with Gasteiger partial charge in [0.05, 0.1) is 12.3 Å². The third kappa shape index (κ3) is 4.99. The zero-order chi connectivity index (χ0) is 29.7. The van der Waals surface area contributed by atoms with Crippen LogP contribution in [0.2, 0.25) is 0 Å². The van der Waals surface area contributed by atoms with Gasteiger partial charge >= 0.3 is 0 Å². The molecule has 2 N–H and O–H groups in total. The molecule has 0 radical (unpaired) electrons. The van der Waals surface area contributed by atoms with E-state index in [1.54, 1.807) is 12.1 Å². The number of pyridine rings is 1. The fraction of sp³-hybridized carbons (Fsp3) is 0.323. The number of rotatable bonds is 9. The average Bonchev–Trinajstić information content (AvgIpc) is 3.50. The largest absolute Gasteiger partial charge is 0.394 e. The van der Waals surface area contributed by atoms with Gasteiger partial charge in [-0.25, -0.2) is 24.3 Å². The average molecular weight is 596 g/mol. The molecule has 5 aromatic rings. The second-order valence-electron chi connectivity index (χ2n) is 11.2. The first-order valence-electron chi connectivity index (χ1n) is 14.3. The van der Waals surface area contributed by atoms with E-state index in [1.807, 2.05) is 47.1 Å². The van der Waals surface area contributed by atoms with Crippen molar-refractivity contribution in [3.63, 3.8) is 0 Å². The summed E-state index contributed by atoms with van der Waals surface area (Å²) < 4.78 is 15.6. The van der Waals surface area contributed by atoms with Gasteiger partial charge in [-0.1, -0.05) is 18.3 Å². The highest BCUT2D eigenvalue weighted by Crippen LogP contribution is 2.38. The molecule has 7 rings (SSSR count). The topological polar surface area (TPSA) is 118 Å². The third-order valence-corrected chi connectivity index (χ3v) is 9.28. The second-order valence-corrected chi connectivity index (χ2v) is 12.2. The van der Waals surface area contributed by atoms with Crippen molar-refractivity contribution in [2.24, 2.45) is 0 Å². The molecule has 0 unspecified atom stereocenters. The number of halogens is 1. The molecule has 1 aliphatic heterocycles. The van der Waals surface area contributed by atoms with Crippen LogP contribution in [0.1, 0.15) is 30.3 Å². The lowest BCUT2D eigenvalue weighted by Gasteiger charge is -2.41. The molecule has 0 amide bonds. The number of nitrogens with zero attached hydrogens (tertiary/aromatic N) is 8. The molecular weight excluding hydrogens is 565 g/mol. The summed E-state index contributed by atoms with van der Waals surface area (Å²) in [7, 11) is 1.92. The molecule has 1 saturated heterocycles. The van der Waals surface area contributed by atoms with E-state index in [9.17, 15) is 14.8 Å². The summed E-state index contributed by atoms with van der Waals surface area (Å²) in [6, 6.07) is 12.6. The van der Waals surface area contributed by atoms with Crippen LogP contribution in [0.3, 0.4) is 0 Å². The molecule has 1 saturated carbocycles. The van der Waals surface area contributed by atoms with Crippen LogP contribution in [0.4, 0.5) is 21.3 Å². The van der Waals surface area contributed by atoms with E-state index in [-0.39, 0.29) is 18.0 Å². The maximum atomic E-state index is 13.5. The van der Waals surface area contributed by atoms with Gasteiger partial charge in [0.2, 0.25) is 5.95 Å². The van der Waals surface area contributed by atoms with E-state index in [4.69, 9.17) is 9.97 Å². The first-order valence-corrected chi connectivity index (χ1v) is 15.1. The van der Waals surface area contributed by atoms with E-state index in [0.717, 1.165) is 54.2 Å². The molecule has 0 bridgehead atoms. The van der Waals surface area contributed by atoms with E-state index >= 15 is 0 Å². The monoisotopic (exact) mass is 595 g/mol. The first-order chi connectivity index (χ1) is 20.9. The molecule has 12 heteroatoms. The van der Waals surface area contributed by atoms with E-state index in [1.165, 1.54) is 23.5 Å².